The molecule has 0 amide bonds. The molecule has 6 nitrogen and oxygen atoms in total. The third kappa shape index (κ3) is 2.36. The minimum absolute atomic E-state index is 0.0649. The normalized spacial score (nSPS) is 18.0. The predicted octanol–water partition coefficient (Wildman–Crippen LogP) is 1.40. The van der Waals surface area contributed by atoms with Crippen LogP contribution in [0.5, 0.6) is 0 Å². The molecule has 0 spiro atoms. The molecule has 0 aliphatic carbocycles. The molecule has 1 aromatic carbocycles. The minimum Gasteiger partial charge on any atom is -0.408 e. The van der Waals surface area contributed by atoms with Crippen molar-refractivity contribution < 1.29 is 21.6 Å². The summed E-state index contributed by atoms with van der Waals surface area (Å²) >= 11 is 0. The maximum Gasteiger partial charge on any atom is 0.417 e. The highest BCUT2D eigenvalue weighted by Gasteiger charge is 2.47. The van der Waals surface area contributed by atoms with Gasteiger partial charge in [-0.05, 0) is 25.1 Å². The second-order valence-electron chi connectivity index (χ2n) is 5.15. The fourth-order valence-electron chi connectivity index (χ4n) is 2.20. The van der Waals surface area contributed by atoms with Crippen LogP contribution in [0.3, 0.4) is 0 Å². The van der Waals surface area contributed by atoms with Gasteiger partial charge < -0.3 is 4.42 Å². The molecule has 1 aliphatic rings. The molecule has 1 N–H and O–H groups in total. The highest BCUT2D eigenvalue weighted by molar-refractivity contribution is 7.89. The zero-order valence-corrected chi connectivity index (χ0v) is 11.8. The van der Waals surface area contributed by atoms with Crippen molar-refractivity contribution in [1.29, 1.82) is 0 Å². The van der Waals surface area contributed by atoms with Crippen molar-refractivity contribution in [2.75, 3.05) is 13.1 Å². The number of hydrogen-bond donors (Lipinski definition) is 1. The van der Waals surface area contributed by atoms with E-state index in [2.05, 4.69) is 4.98 Å². The molecule has 0 bridgehead atoms. The van der Waals surface area contributed by atoms with Crippen LogP contribution < -0.4 is 5.76 Å². The van der Waals surface area contributed by atoms with Gasteiger partial charge in [0.2, 0.25) is 10.0 Å². The summed E-state index contributed by atoms with van der Waals surface area (Å²) in [6.45, 7) is 0.349. The number of alkyl halides is 2. The highest BCUT2D eigenvalue weighted by atomic mass is 32.2. The Morgan fingerprint density at radius 3 is 2.67 bits per heavy atom. The van der Waals surface area contributed by atoms with E-state index in [1.54, 1.807) is 0 Å². The Morgan fingerprint density at radius 2 is 2.05 bits per heavy atom. The molecule has 0 saturated carbocycles. The largest absolute Gasteiger partial charge is 0.417 e. The molecule has 3 rings (SSSR count). The van der Waals surface area contributed by atoms with E-state index in [9.17, 15) is 22.0 Å². The summed E-state index contributed by atoms with van der Waals surface area (Å²) in [5, 5.41) is 0. The maximum absolute atomic E-state index is 13.1. The lowest BCUT2D eigenvalue weighted by Gasteiger charge is -2.40. The standard InChI is InChI=1S/C12H12F2N2O4S/c1-12(13,14)7-5-16(6-7)21(18,19)8-2-3-10-9(4-8)15-11(17)20-10/h2-4,7H,5-6H2,1H3,(H,15,17). The summed E-state index contributed by atoms with van der Waals surface area (Å²) in [6, 6.07) is 3.89. The van der Waals surface area contributed by atoms with Crippen molar-refractivity contribution in [2.45, 2.75) is 17.7 Å². The molecule has 9 heteroatoms. The molecular weight excluding hydrogens is 306 g/mol. The van der Waals surface area contributed by atoms with Crippen molar-refractivity contribution in [3.63, 3.8) is 0 Å². The first-order valence-electron chi connectivity index (χ1n) is 6.19. The van der Waals surface area contributed by atoms with Crippen molar-refractivity contribution in [2.24, 2.45) is 5.92 Å². The molecule has 0 atom stereocenters. The number of sulfonamides is 1. The van der Waals surface area contributed by atoms with Gasteiger partial charge in [-0.3, -0.25) is 4.98 Å². The summed E-state index contributed by atoms with van der Waals surface area (Å²) in [6.07, 6.45) is 0. The van der Waals surface area contributed by atoms with Crippen LogP contribution in [0.15, 0.2) is 32.3 Å². The Balaban J connectivity index is 1.89. The van der Waals surface area contributed by atoms with Gasteiger partial charge in [0.25, 0.3) is 5.92 Å². The van der Waals surface area contributed by atoms with Gasteiger partial charge in [-0.25, -0.2) is 22.0 Å². The Labute approximate surface area is 118 Å². The van der Waals surface area contributed by atoms with E-state index < -0.39 is 27.6 Å². The van der Waals surface area contributed by atoms with Gasteiger partial charge in [-0.2, -0.15) is 4.31 Å². The van der Waals surface area contributed by atoms with E-state index >= 15 is 0 Å². The van der Waals surface area contributed by atoms with Crippen molar-refractivity contribution in [3.05, 3.63) is 28.7 Å². The van der Waals surface area contributed by atoms with Gasteiger partial charge in [-0.1, -0.05) is 0 Å². The molecule has 1 aromatic heterocycles. The van der Waals surface area contributed by atoms with Gasteiger partial charge in [0.15, 0.2) is 5.58 Å². The van der Waals surface area contributed by atoms with Crippen LogP contribution >= 0.6 is 0 Å². The molecule has 2 heterocycles. The predicted molar refractivity (Wildman–Crippen MR) is 69.7 cm³/mol. The second kappa shape index (κ2) is 4.38. The van der Waals surface area contributed by atoms with Crippen LogP contribution in [0.2, 0.25) is 0 Å². The molecule has 0 unspecified atom stereocenters. The van der Waals surface area contributed by atoms with Gasteiger partial charge in [-0.15, -0.1) is 0 Å². The third-order valence-corrected chi connectivity index (χ3v) is 5.42. The Hall–Kier alpha value is -1.74. The van der Waals surface area contributed by atoms with Crippen LogP contribution in [-0.4, -0.2) is 36.7 Å². The quantitative estimate of drug-likeness (QED) is 0.927. The van der Waals surface area contributed by atoms with Crippen LogP contribution in [0.4, 0.5) is 8.78 Å². The number of H-pyrrole nitrogens is 1. The molecule has 1 fully saturated rings. The van der Waals surface area contributed by atoms with Gasteiger partial charge in [0, 0.05) is 13.1 Å². The number of aromatic amines is 1. The number of nitrogens with zero attached hydrogens (tertiary/aromatic N) is 1. The van der Waals surface area contributed by atoms with Crippen LogP contribution in [-0.2, 0) is 10.0 Å². The first-order chi connectivity index (χ1) is 9.68. The van der Waals surface area contributed by atoms with E-state index in [0.717, 1.165) is 11.2 Å². The average molecular weight is 318 g/mol. The minimum atomic E-state index is -3.84. The third-order valence-electron chi connectivity index (χ3n) is 3.59. The Morgan fingerprint density at radius 1 is 1.38 bits per heavy atom. The van der Waals surface area contributed by atoms with E-state index in [0.29, 0.717) is 0 Å². The van der Waals surface area contributed by atoms with Gasteiger partial charge in [0.1, 0.15) is 0 Å². The topological polar surface area (TPSA) is 83.4 Å². The molecule has 1 saturated heterocycles. The fraction of sp³-hybridized carbons (Fsp3) is 0.417. The van der Waals surface area contributed by atoms with E-state index in [1.165, 1.54) is 18.2 Å². The lowest BCUT2D eigenvalue weighted by Crippen LogP contribution is -2.55. The first-order valence-corrected chi connectivity index (χ1v) is 7.63. The Bertz CT molecular complexity index is 844. The van der Waals surface area contributed by atoms with Gasteiger partial charge in [0.05, 0.1) is 16.3 Å². The maximum atomic E-state index is 13.1. The molecule has 114 valence electrons. The first kappa shape index (κ1) is 14.2. The second-order valence-corrected chi connectivity index (χ2v) is 7.09. The summed E-state index contributed by atoms with van der Waals surface area (Å²) < 4.78 is 56.5. The summed E-state index contributed by atoms with van der Waals surface area (Å²) in [5.74, 6) is -4.55. The SMILES string of the molecule is CC(F)(F)C1CN(S(=O)(=O)c2ccc3oc(=O)[nH]c3c2)C1. The summed E-state index contributed by atoms with van der Waals surface area (Å²) in [5.41, 5.74) is 0.486. The number of benzene rings is 1. The van der Waals surface area contributed by atoms with E-state index in [4.69, 9.17) is 4.42 Å². The zero-order valence-electron chi connectivity index (χ0n) is 11.0. The van der Waals surface area contributed by atoms with Crippen LogP contribution in [0, 0.1) is 5.92 Å². The number of nitrogens with one attached hydrogen (secondary N) is 1. The molecule has 21 heavy (non-hydrogen) atoms. The lowest BCUT2D eigenvalue weighted by molar-refractivity contribution is -0.0815. The summed E-state index contributed by atoms with van der Waals surface area (Å²) in [4.78, 5) is 13.3. The summed E-state index contributed by atoms with van der Waals surface area (Å²) in [7, 11) is -3.84. The van der Waals surface area contributed by atoms with Crippen molar-refractivity contribution >= 4 is 21.1 Å². The van der Waals surface area contributed by atoms with Crippen LogP contribution in [0.1, 0.15) is 6.92 Å². The number of hydrogen-bond acceptors (Lipinski definition) is 4. The van der Waals surface area contributed by atoms with Crippen LogP contribution in [0.25, 0.3) is 11.1 Å². The molecule has 1 aliphatic heterocycles. The Kier molecular flexibility index (Phi) is 2.96. The average Bonchev–Trinajstić information content (AvgIpc) is 2.62. The molecule has 2 aromatic rings. The number of oxazole rings is 1. The molecular formula is C12H12F2N2O4S. The highest BCUT2D eigenvalue weighted by Crippen LogP contribution is 2.35. The smallest absolute Gasteiger partial charge is 0.408 e. The van der Waals surface area contributed by atoms with Crippen molar-refractivity contribution in [3.8, 4) is 0 Å². The number of aromatic nitrogens is 1. The fourth-order valence-corrected chi connectivity index (χ4v) is 3.75. The number of rotatable bonds is 3. The van der Waals surface area contributed by atoms with E-state index in [1.807, 2.05) is 0 Å². The number of halogens is 2. The molecule has 0 radical (unpaired) electrons. The van der Waals surface area contributed by atoms with Crippen molar-refractivity contribution in [1.82, 2.24) is 9.29 Å². The lowest BCUT2D eigenvalue weighted by atomic mass is 9.97. The zero-order chi connectivity index (χ0) is 15.4. The van der Waals surface area contributed by atoms with Gasteiger partial charge >= 0.3 is 5.76 Å². The van der Waals surface area contributed by atoms with E-state index in [-0.39, 0.29) is 29.1 Å². The monoisotopic (exact) mass is 318 g/mol. The number of fused-ring (bicyclic) bond motifs is 1.